The number of allylic oxidation sites excluding steroid dienone is 2. The molecule has 1 aromatic carbocycles. The van der Waals surface area contributed by atoms with E-state index in [0.29, 0.717) is 13.0 Å². The van der Waals surface area contributed by atoms with Crippen molar-refractivity contribution in [3.8, 4) is 0 Å². The van der Waals surface area contributed by atoms with Gasteiger partial charge in [0.15, 0.2) is 0 Å². The highest BCUT2D eigenvalue weighted by Gasteiger charge is 2.46. The second-order valence-electron chi connectivity index (χ2n) is 8.31. The molecule has 0 saturated carbocycles. The summed E-state index contributed by atoms with van der Waals surface area (Å²) < 4.78 is 38.4. The first kappa shape index (κ1) is 29.9. The van der Waals surface area contributed by atoms with Crippen LogP contribution in [0.15, 0.2) is 42.5 Å². The van der Waals surface area contributed by atoms with Crippen molar-refractivity contribution in [2.75, 3.05) is 27.3 Å². The summed E-state index contributed by atoms with van der Waals surface area (Å²) in [5, 5.41) is 5.23. The van der Waals surface area contributed by atoms with Crippen molar-refractivity contribution in [1.29, 1.82) is 0 Å². The van der Waals surface area contributed by atoms with Gasteiger partial charge >= 0.3 is 20.0 Å². The standard InChI is InChI=1S/C23H36BN2O9P/c1-25-22(27)26-14-10-5-3-4-9-13-18-20(35-36(29,30)31-2)19(34-21(18)24)16-33-23(28)32-15-17-11-7-6-8-12-17/h4,6-9,11-12,18-21H,3,5,10,13-16,24H2,1-2H3,(H,29,30)(H2,25,26,27)/b9-4+/t18-,19+,20?,21+/m0/s1. The first-order valence-electron chi connectivity index (χ1n) is 11.9. The van der Waals surface area contributed by atoms with Gasteiger partial charge in [-0.2, -0.15) is 0 Å². The number of carbonyl (C=O) groups excluding carboxylic acids is 2. The van der Waals surface area contributed by atoms with E-state index in [4.69, 9.17) is 18.7 Å². The first-order valence-corrected chi connectivity index (χ1v) is 13.4. The zero-order valence-electron chi connectivity index (χ0n) is 21.0. The number of ether oxygens (including phenoxy) is 3. The summed E-state index contributed by atoms with van der Waals surface area (Å²) in [4.78, 5) is 33.1. The van der Waals surface area contributed by atoms with Crippen LogP contribution in [0.1, 0.15) is 31.2 Å². The summed E-state index contributed by atoms with van der Waals surface area (Å²) in [6, 6.07) is 8.66. The molecule has 3 N–H and O–H groups in total. The van der Waals surface area contributed by atoms with E-state index >= 15 is 0 Å². The van der Waals surface area contributed by atoms with E-state index in [1.54, 1.807) is 7.05 Å². The summed E-state index contributed by atoms with van der Waals surface area (Å²) in [5.74, 6) is -0.263. The molecule has 0 spiro atoms. The lowest BCUT2D eigenvalue weighted by Gasteiger charge is -2.24. The van der Waals surface area contributed by atoms with Crippen molar-refractivity contribution in [2.24, 2.45) is 5.92 Å². The average molecular weight is 526 g/mol. The van der Waals surface area contributed by atoms with Gasteiger partial charge in [0, 0.05) is 32.6 Å². The number of urea groups is 1. The fourth-order valence-corrected chi connectivity index (χ4v) is 4.44. The molecule has 1 aliphatic rings. The Morgan fingerprint density at radius 3 is 2.64 bits per heavy atom. The molecular formula is C23H36BN2O9P. The number of phosphoric ester groups is 1. The Morgan fingerprint density at radius 1 is 1.19 bits per heavy atom. The lowest BCUT2D eigenvalue weighted by Crippen LogP contribution is -2.34. The molecule has 13 heteroatoms. The third-order valence-electron chi connectivity index (χ3n) is 5.72. The highest BCUT2D eigenvalue weighted by atomic mass is 31.2. The van der Waals surface area contributed by atoms with E-state index in [9.17, 15) is 19.0 Å². The van der Waals surface area contributed by atoms with Crippen LogP contribution >= 0.6 is 7.82 Å². The quantitative estimate of drug-likeness (QED) is 0.110. The highest BCUT2D eigenvalue weighted by molar-refractivity contribution is 7.47. The van der Waals surface area contributed by atoms with Crippen molar-refractivity contribution >= 4 is 27.9 Å². The van der Waals surface area contributed by atoms with Gasteiger partial charge < -0.3 is 29.7 Å². The van der Waals surface area contributed by atoms with Gasteiger partial charge in [-0.25, -0.2) is 14.2 Å². The molecule has 1 aromatic rings. The number of rotatable bonds is 14. The molecule has 0 aromatic heterocycles. The number of hydrogen-bond acceptors (Lipinski definition) is 8. The van der Waals surface area contributed by atoms with Gasteiger partial charge in [-0.05, 0) is 31.2 Å². The number of amides is 2. The molecular weight excluding hydrogens is 490 g/mol. The Kier molecular flexibility index (Phi) is 13.0. The van der Waals surface area contributed by atoms with Crippen molar-refractivity contribution in [1.82, 2.24) is 10.6 Å². The van der Waals surface area contributed by atoms with Crippen molar-refractivity contribution in [3.05, 3.63) is 48.0 Å². The Morgan fingerprint density at radius 2 is 1.94 bits per heavy atom. The number of carbonyl (C=O) groups is 2. The van der Waals surface area contributed by atoms with Crippen LogP contribution in [0.2, 0.25) is 0 Å². The lowest BCUT2D eigenvalue weighted by molar-refractivity contribution is -0.0303. The molecule has 0 aliphatic carbocycles. The summed E-state index contributed by atoms with van der Waals surface area (Å²) in [6.07, 6.45) is 4.60. The number of nitrogens with one attached hydrogen (secondary N) is 2. The Hall–Kier alpha value is -2.37. The number of phosphoric acid groups is 1. The highest BCUT2D eigenvalue weighted by Crippen LogP contribution is 2.48. The zero-order chi connectivity index (χ0) is 26.4. The third kappa shape index (κ3) is 10.7. The van der Waals surface area contributed by atoms with E-state index in [-0.39, 0.29) is 31.2 Å². The largest absolute Gasteiger partial charge is 0.508 e. The Labute approximate surface area is 212 Å². The average Bonchev–Trinajstić information content (AvgIpc) is 3.16. The fraction of sp³-hybridized carbons (Fsp3) is 0.565. The molecule has 1 saturated heterocycles. The maximum Gasteiger partial charge on any atom is 0.508 e. The molecule has 36 heavy (non-hydrogen) atoms. The van der Waals surface area contributed by atoms with E-state index in [0.717, 1.165) is 31.9 Å². The predicted octanol–water partition coefficient (Wildman–Crippen LogP) is 2.49. The number of benzene rings is 1. The van der Waals surface area contributed by atoms with E-state index in [1.807, 2.05) is 50.3 Å². The van der Waals surface area contributed by atoms with Crippen molar-refractivity contribution in [3.63, 3.8) is 0 Å². The molecule has 0 bridgehead atoms. The minimum atomic E-state index is -4.31. The van der Waals surface area contributed by atoms with Gasteiger partial charge in [-0.15, -0.1) is 0 Å². The fourth-order valence-electron chi connectivity index (χ4n) is 3.76. The summed E-state index contributed by atoms with van der Waals surface area (Å²) in [7, 11) is 0.180. The second-order valence-corrected chi connectivity index (χ2v) is 9.82. The van der Waals surface area contributed by atoms with Crippen molar-refractivity contribution in [2.45, 2.75) is 50.5 Å². The maximum atomic E-state index is 12.2. The van der Waals surface area contributed by atoms with Crippen LogP contribution in [-0.2, 0) is 34.4 Å². The van der Waals surface area contributed by atoms with Crippen LogP contribution in [0.3, 0.4) is 0 Å². The summed E-state index contributed by atoms with van der Waals surface area (Å²) >= 11 is 0. The summed E-state index contributed by atoms with van der Waals surface area (Å²) in [5.41, 5.74) is 0.817. The number of hydrogen-bond donors (Lipinski definition) is 3. The van der Waals surface area contributed by atoms with Crippen LogP contribution in [0.5, 0.6) is 0 Å². The van der Waals surface area contributed by atoms with Crippen LogP contribution in [0.4, 0.5) is 9.59 Å². The lowest BCUT2D eigenvalue weighted by atomic mass is 9.82. The molecule has 2 rings (SSSR count). The van der Waals surface area contributed by atoms with E-state index in [2.05, 4.69) is 15.2 Å². The molecule has 1 heterocycles. The maximum absolute atomic E-state index is 12.2. The molecule has 200 valence electrons. The minimum absolute atomic E-state index is 0.0618. The molecule has 5 atom stereocenters. The third-order valence-corrected chi connectivity index (χ3v) is 6.69. The Bertz CT molecular complexity index is 890. The van der Waals surface area contributed by atoms with Crippen LogP contribution < -0.4 is 10.6 Å². The molecule has 0 radical (unpaired) electrons. The SMILES string of the molecule is B[C@@H]1O[C@H](COC(=O)OCc2ccccc2)C(OP(=O)(O)OC)[C@@H]1C/C=C/CCCCNC(=O)NC. The van der Waals surface area contributed by atoms with Crippen LogP contribution in [0.25, 0.3) is 0 Å². The first-order chi connectivity index (χ1) is 17.3. The topological polar surface area (TPSA) is 142 Å². The molecule has 2 unspecified atom stereocenters. The molecule has 1 aliphatic heterocycles. The Balaban J connectivity index is 1.85. The van der Waals surface area contributed by atoms with Gasteiger partial charge in [0.2, 0.25) is 0 Å². The van der Waals surface area contributed by atoms with Gasteiger partial charge in [-0.3, -0.25) is 9.05 Å². The van der Waals surface area contributed by atoms with E-state index in [1.165, 1.54) is 0 Å². The second kappa shape index (κ2) is 15.7. The predicted molar refractivity (Wildman–Crippen MR) is 135 cm³/mol. The normalized spacial score (nSPS) is 23.2. The van der Waals surface area contributed by atoms with Crippen LogP contribution in [0, 0.1) is 5.92 Å². The van der Waals surface area contributed by atoms with Gasteiger partial charge in [0.1, 0.15) is 33.3 Å². The smallest absolute Gasteiger partial charge is 0.431 e. The van der Waals surface area contributed by atoms with Gasteiger partial charge in [-0.1, -0.05) is 42.5 Å². The molecule has 11 nitrogen and oxygen atoms in total. The molecule has 1 fully saturated rings. The molecule has 2 amide bonds. The van der Waals surface area contributed by atoms with Crippen LogP contribution in [-0.4, -0.2) is 70.4 Å². The minimum Gasteiger partial charge on any atom is -0.431 e. The zero-order valence-corrected chi connectivity index (χ0v) is 21.9. The van der Waals surface area contributed by atoms with E-state index < -0.39 is 26.2 Å². The van der Waals surface area contributed by atoms with Crippen molar-refractivity contribution < 1.29 is 42.3 Å². The number of unbranched alkanes of at least 4 members (excludes halogenated alkanes) is 2. The van der Waals surface area contributed by atoms with Gasteiger partial charge in [0.05, 0.1) is 0 Å². The van der Waals surface area contributed by atoms with Gasteiger partial charge in [0.25, 0.3) is 0 Å². The summed E-state index contributed by atoms with van der Waals surface area (Å²) in [6.45, 7) is 0.451. The monoisotopic (exact) mass is 526 g/mol.